The van der Waals surface area contributed by atoms with Crippen LogP contribution >= 0.6 is 0 Å². The van der Waals surface area contributed by atoms with E-state index in [1.807, 2.05) is 30.3 Å². The third-order valence-electron chi connectivity index (χ3n) is 2.60. The molecule has 0 aliphatic rings. The molecule has 0 aliphatic heterocycles. The molecule has 0 radical (unpaired) electrons. The zero-order valence-electron chi connectivity index (χ0n) is 9.04. The normalized spacial score (nSPS) is 10.6. The van der Waals surface area contributed by atoms with Crippen molar-refractivity contribution in [3.8, 4) is 11.4 Å². The van der Waals surface area contributed by atoms with Crippen molar-refractivity contribution in [2.75, 3.05) is 5.73 Å². The summed E-state index contributed by atoms with van der Waals surface area (Å²) in [6.07, 6.45) is 1.42. The molecule has 0 aliphatic carbocycles. The van der Waals surface area contributed by atoms with Crippen molar-refractivity contribution < 1.29 is 0 Å². The van der Waals surface area contributed by atoms with E-state index < -0.39 is 0 Å². The molecule has 0 saturated carbocycles. The number of nitrogens with two attached hydrogens (primary N) is 1. The Bertz CT molecular complexity index is 679. The summed E-state index contributed by atoms with van der Waals surface area (Å²) < 4.78 is 0. The van der Waals surface area contributed by atoms with E-state index in [1.165, 1.54) is 11.7 Å². The highest BCUT2D eigenvalue weighted by Gasteiger charge is 2.02. The zero-order chi connectivity index (χ0) is 11.7. The van der Waals surface area contributed by atoms with Crippen molar-refractivity contribution in [3.63, 3.8) is 0 Å². The first-order chi connectivity index (χ1) is 8.33. The van der Waals surface area contributed by atoms with Gasteiger partial charge in [0.2, 0.25) is 5.95 Å². The van der Waals surface area contributed by atoms with E-state index in [2.05, 4.69) is 27.1 Å². The molecule has 4 heteroatoms. The van der Waals surface area contributed by atoms with Gasteiger partial charge in [0.05, 0.1) is 0 Å². The molecule has 0 fully saturated rings. The van der Waals surface area contributed by atoms with Crippen molar-refractivity contribution in [2.24, 2.45) is 0 Å². The molecule has 0 saturated heterocycles. The third-order valence-corrected chi connectivity index (χ3v) is 2.60. The van der Waals surface area contributed by atoms with Crippen LogP contribution in [0.4, 0.5) is 5.95 Å². The minimum atomic E-state index is 0.239. The molecule has 82 valence electrons. The molecule has 0 atom stereocenters. The SMILES string of the molecule is Nc1ncnc(-c2ccc3ccccc3c2)n1. The molecular formula is C13H10N4. The molecule has 0 bridgehead atoms. The Morgan fingerprint density at radius 1 is 0.882 bits per heavy atom. The van der Waals surface area contributed by atoms with Crippen molar-refractivity contribution in [1.82, 2.24) is 15.0 Å². The first-order valence-electron chi connectivity index (χ1n) is 5.26. The molecule has 17 heavy (non-hydrogen) atoms. The van der Waals surface area contributed by atoms with Crippen LogP contribution in [0.15, 0.2) is 48.8 Å². The van der Waals surface area contributed by atoms with E-state index >= 15 is 0 Å². The van der Waals surface area contributed by atoms with Gasteiger partial charge < -0.3 is 5.73 Å². The second-order valence-corrected chi connectivity index (χ2v) is 3.73. The number of nitrogen functional groups attached to an aromatic ring is 1. The monoisotopic (exact) mass is 222 g/mol. The Kier molecular flexibility index (Phi) is 2.19. The van der Waals surface area contributed by atoms with E-state index in [0.29, 0.717) is 5.82 Å². The highest BCUT2D eigenvalue weighted by atomic mass is 15.1. The van der Waals surface area contributed by atoms with E-state index in [4.69, 9.17) is 5.73 Å². The van der Waals surface area contributed by atoms with Crippen molar-refractivity contribution in [3.05, 3.63) is 48.8 Å². The minimum Gasteiger partial charge on any atom is -0.368 e. The molecule has 3 aromatic rings. The number of rotatable bonds is 1. The second-order valence-electron chi connectivity index (χ2n) is 3.73. The smallest absolute Gasteiger partial charge is 0.223 e. The number of fused-ring (bicyclic) bond motifs is 1. The Hall–Kier alpha value is -2.49. The van der Waals surface area contributed by atoms with E-state index in [9.17, 15) is 0 Å². The average Bonchev–Trinajstić information content (AvgIpc) is 2.38. The van der Waals surface area contributed by atoms with E-state index in [1.54, 1.807) is 0 Å². The van der Waals surface area contributed by atoms with Gasteiger partial charge >= 0.3 is 0 Å². The minimum absolute atomic E-state index is 0.239. The van der Waals surface area contributed by atoms with Crippen LogP contribution in [0.2, 0.25) is 0 Å². The summed E-state index contributed by atoms with van der Waals surface area (Å²) in [6, 6.07) is 14.2. The van der Waals surface area contributed by atoms with Crippen molar-refractivity contribution in [2.45, 2.75) is 0 Å². The Labute approximate surface area is 98.2 Å². The highest BCUT2D eigenvalue weighted by Crippen LogP contribution is 2.21. The molecule has 4 nitrogen and oxygen atoms in total. The van der Waals surface area contributed by atoms with E-state index in [0.717, 1.165) is 10.9 Å². The van der Waals surface area contributed by atoms with Crippen LogP contribution in [-0.4, -0.2) is 15.0 Å². The first-order valence-corrected chi connectivity index (χ1v) is 5.26. The maximum Gasteiger partial charge on any atom is 0.223 e. The summed E-state index contributed by atoms with van der Waals surface area (Å²) in [6.45, 7) is 0. The van der Waals surface area contributed by atoms with Crippen LogP contribution in [0.3, 0.4) is 0 Å². The van der Waals surface area contributed by atoms with Gasteiger partial charge in [0.15, 0.2) is 5.82 Å². The lowest BCUT2D eigenvalue weighted by molar-refractivity contribution is 1.07. The molecule has 3 rings (SSSR count). The van der Waals surface area contributed by atoms with Gasteiger partial charge in [-0.3, -0.25) is 0 Å². The number of hydrogen-bond donors (Lipinski definition) is 1. The molecule has 1 heterocycles. The maximum atomic E-state index is 5.55. The predicted molar refractivity (Wildman–Crippen MR) is 67.2 cm³/mol. The Morgan fingerprint density at radius 2 is 1.71 bits per heavy atom. The fourth-order valence-electron chi connectivity index (χ4n) is 1.78. The molecular weight excluding hydrogens is 212 g/mol. The molecule has 2 N–H and O–H groups in total. The van der Waals surface area contributed by atoms with Gasteiger partial charge in [0.25, 0.3) is 0 Å². The quantitative estimate of drug-likeness (QED) is 0.686. The number of nitrogens with zero attached hydrogens (tertiary/aromatic N) is 3. The summed E-state index contributed by atoms with van der Waals surface area (Å²) in [5.74, 6) is 0.839. The first kappa shape index (κ1) is 9.72. The Morgan fingerprint density at radius 3 is 2.53 bits per heavy atom. The molecule has 0 amide bonds. The summed E-state index contributed by atoms with van der Waals surface area (Å²) in [5, 5.41) is 2.35. The van der Waals surface area contributed by atoms with Crippen LogP contribution in [0.5, 0.6) is 0 Å². The van der Waals surface area contributed by atoms with Gasteiger partial charge in [-0.05, 0) is 16.8 Å². The molecule has 2 aromatic carbocycles. The van der Waals surface area contributed by atoms with E-state index in [-0.39, 0.29) is 5.95 Å². The topological polar surface area (TPSA) is 64.7 Å². The van der Waals surface area contributed by atoms with Crippen LogP contribution in [0.25, 0.3) is 22.2 Å². The summed E-state index contributed by atoms with van der Waals surface area (Å²) in [5.41, 5.74) is 6.49. The zero-order valence-corrected chi connectivity index (χ0v) is 9.04. The number of benzene rings is 2. The number of hydrogen-bond acceptors (Lipinski definition) is 4. The van der Waals surface area contributed by atoms with Gasteiger partial charge in [-0.1, -0.05) is 36.4 Å². The fourth-order valence-corrected chi connectivity index (χ4v) is 1.78. The van der Waals surface area contributed by atoms with Crippen LogP contribution in [-0.2, 0) is 0 Å². The lowest BCUT2D eigenvalue weighted by atomic mass is 10.1. The molecule has 1 aromatic heterocycles. The Balaban J connectivity index is 2.18. The highest BCUT2D eigenvalue weighted by molar-refractivity contribution is 5.86. The fraction of sp³-hybridized carbons (Fsp3) is 0. The largest absolute Gasteiger partial charge is 0.368 e. The van der Waals surface area contributed by atoms with Crippen LogP contribution in [0, 0.1) is 0 Å². The second kappa shape index (κ2) is 3.83. The van der Waals surface area contributed by atoms with Gasteiger partial charge in [0, 0.05) is 5.56 Å². The molecule has 0 spiro atoms. The summed E-state index contributed by atoms with van der Waals surface area (Å²) in [7, 11) is 0. The maximum absolute atomic E-state index is 5.55. The lowest BCUT2D eigenvalue weighted by Crippen LogP contribution is -1.97. The number of aromatic nitrogens is 3. The standard InChI is InChI=1S/C13H10N4/c14-13-16-8-15-12(17-13)11-6-5-9-3-1-2-4-10(9)7-11/h1-8H,(H2,14,15,16,17). The van der Waals surface area contributed by atoms with Crippen LogP contribution in [0.1, 0.15) is 0 Å². The van der Waals surface area contributed by atoms with Gasteiger partial charge in [0.1, 0.15) is 6.33 Å². The van der Waals surface area contributed by atoms with Crippen molar-refractivity contribution in [1.29, 1.82) is 0 Å². The summed E-state index contributed by atoms with van der Waals surface area (Å²) in [4.78, 5) is 12.0. The van der Waals surface area contributed by atoms with Crippen molar-refractivity contribution >= 4 is 16.7 Å². The average molecular weight is 222 g/mol. The van der Waals surface area contributed by atoms with Gasteiger partial charge in [-0.15, -0.1) is 0 Å². The molecule has 0 unspecified atom stereocenters. The lowest BCUT2D eigenvalue weighted by Gasteiger charge is -2.02. The third kappa shape index (κ3) is 1.80. The predicted octanol–water partition coefficient (Wildman–Crippen LogP) is 2.27. The summed E-state index contributed by atoms with van der Waals surface area (Å²) >= 11 is 0. The van der Waals surface area contributed by atoms with Gasteiger partial charge in [-0.2, -0.15) is 4.98 Å². The van der Waals surface area contributed by atoms with Gasteiger partial charge in [-0.25, -0.2) is 9.97 Å². The van der Waals surface area contributed by atoms with Crippen LogP contribution < -0.4 is 5.73 Å². The number of anilines is 1.